The van der Waals surface area contributed by atoms with Crippen molar-refractivity contribution in [2.75, 3.05) is 23.3 Å². The first kappa shape index (κ1) is 19.6. The van der Waals surface area contributed by atoms with E-state index in [1.165, 1.54) is 23.8 Å². The average Bonchev–Trinajstić information content (AvgIpc) is 2.56. The van der Waals surface area contributed by atoms with Crippen LogP contribution in [0.15, 0.2) is 48.5 Å². The zero-order valence-electron chi connectivity index (χ0n) is 13.7. The number of rotatable bonds is 8. The number of amides is 1. The largest absolute Gasteiger partial charge is 0.351 e. The zero-order chi connectivity index (χ0) is 18.3. The Kier molecular flexibility index (Phi) is 7.16. The maximum atomic E-state index is 12.1. The molecule has 0 spiro atoms. The van der Waals surface area contributed by atoms with Crippen LogP contribution in [0.4, 0.5) is 5.69 Å². The summed E-state index contributed by atoms with van der Waals surface area (Å²) in [6.07, 6.45) is 1.04. The van der Waals surface area contributed by atoms with E-state index in [-0.39, 0.29) is 16.6 Å². The van der Waals surface area contributed by atoms with Crippen LogP contribution in [-0.2, 0) is 15.8 Å². The van der Waals surface area contributed by atoms with E-state index >= 15 is 0 Å². The fourth-order valence-electron chi connectivity index (χ4n) is 2.04. The zero-order valence-corrected chi connectivity index (χ0v) is 16.0. The number of carbonyl (C=O) groups is 1. The van der Waals surface area contributed by atoms with E-state index < -0.39 is 10.0 Å². The van der Waals surface area contributed by atoms with Crippen LogP contribution in [0.5, 0.6) is 0 Å². The lowest BCUT2D eigenvalue weighted by molar-refractivity contribution is 0.0956. The number of nitrogens with one attached hydrogen (secondary N) is 2. The van der Waals surface area contributed by atoms with Crippen LogP contribution in [0.1, 0.15) is 15.9 Å². The van der Waals surface area contributed by atoms with E-state index in [9.17, 15) is 13.2 Å². The van der Waals surface area contributed by atoms with Crippen molar-refractivity contribution in [3.63, 3.8) is 0 Å². The topological polar surface area (TPSA) is 75.3 Å². The second kappa shape index (κ2) is 9.12. The lowest BCUT2D eigenvalue weighted by atomic mass is 10.2. The highest BCUT2D eigenvalue weighted by Gasteiger charge is 2.10. The maximum absolute atomic E-state index is 12.1. The summed E-state index contributed by atoms with van der Waals surface area (Å²) in [4.78, 5) is 12.1. The lowest BCUT2D eigenvalue weighted by Gasteiger charge is -2.09. The fraction of sp³-hybridized carbons (Fsp3) is 0.235. The van der Waals surface area contributed by atoms with Crippen LogP contribution in [-0.4, -0.2) is 32.9 Å². The number of anilines is 1. The summed E-state index contributed by atoms with van der Waals surface area (Å²) in [6.45, 7) is 0.539. The molecular weight excluding hydrogens is 380 g/mol. The summed E-state index contributed by atoms with van der Waals surface area (Å²) >= 11 is 7.76. The Balaban J connectivity index is 1.79. The molecule has 0 heterocycles. The predicted molar refractivity (Wildman–Crippen MR) is 105 cm³/mol. The van der Waals surface area contributed by atoms with E-state index in [0.717, 1.165) is 17.8 Å². The number of thioether (sulfide) groups is 1. The quantitative estimate of drug-likeness (QED) is 0.668. The average molecular weight is 399 g/mol. The highest BCUT2D eigenvalue weighted by atomic mass is 35.5. The molecule has 2 aromatic rings. The van der Waals surface area contributed by atoms with Gasteiger partial charge in [0.1, 0.15) is 0 Å². The molecule has 2 rings (SSSR count). The van der Waals surface area contributed by atoms with E-state index in [1.807, 2.05) is 18.2 Å². The van der Waals surface area contributed by atoms with Crippen molar-refractivity contribution in [3.8, 4) is 0 Å². The third-order valence-electron chi connectivity index (χ3n) is 3.17. The number of sulfonamides is 1. The Bertz CT molecular complexity index is 827. The number of benzene rings is 2. The molecule has 0 aliphatic heterocycles. The molecule has 2 N–H and O–H groups in total. The van der Waals surface area contributed by atoms with Crippen LogP contribution in [0.25, 0.3) is 0 Å². The van der Waals surface area contributed by atoms with Gasteiger partial charge in [0.2, 0.25) is 10.0 Å². The molecule has 0 aromatic heterocycles. The van der Waals surface area contributed by atoms with Gasteiger partial charge in [0.15, 0.2) is 0 Å². The van der Waals surface area contributed by atoms with Crippen molar-refractivity contribution in [2.45, 2.75) is 5.75 Å². The van der Waals surface area contributed by atoms with Gasteiger partial charge < -0.3 is 5.32 Å². The number of carbonyl (C=O) groups excluding carboxylic acids is 1. The smallest absolute Gasteiger partial charge is 0.251 e. The SMILES string of the molecule is CS(=O)(=O)Nc1ccc(C(=O)NCCSCc2ccccc2)cc1Cl. The van der Waals surface area contributed by atoms with Gasteiger partial charge in [0, 0.05) is 23.6 Å². The molecule has 8 heteroatoms. The molecule has 1 amide bonds. The number of hydrogen-bond acceptors (Lipinski definition) is 4. The summed E-state index contributed by atoms with van der Waals surface area (Å²) in [6, 6.07) is 14.6. The molecule has 25 heavy (non-hydrogen) atoms. The minimum absolute atomic E-state index is 0.177. The third kappa shape index (κ3) is 6.97. The molecule has 0 aliphatic rings. The summed E-state index contributed by atoms with van der Waals surface area (Å²) in [5.74, 6) is 1.45. The van der Waals surface area contributed by atoms with Crippen molar-refractivity contribution in [1.29, 1.82) is 0 Å². The predicted octanol–water partition coefficient (Wildman–Crippen LogP) is 3.37. The summed E-state index contributed by atoms with van der Waals surface area (Å²) in [5.41, 5.74) is 1.89. The van der Waals surface area contributed by atoms with E-state index in [2.05, 4.69) is 22.2 Å². The summed E-state index contributed by atoms with van der Waals surface area (Å²) in [7, 11) is -3.41. The highest BCUT2D eigenvalue weighted by molar-refractivity contribution is 7.98. The molecular formula is C17H19ClN2O3S2. The molecule has 0 saturated heterocycles. The molecule has 0 saturated carbocycles. The first-order valence-electron chi connectivity index (χ1n) is 7.52. The van der Waals surface area contributed by atoms with E-state index in [1.54, 1.807) is 11.8 Å². The molecule has 0 radical (unpaired) electrons. The molecule has 0 atom stereocenters. The standard InChI is InChI=1S/C17H19ClN2O3S2/c1-25(22,23)20-16-8-7-14(11-15(16)18)17(21)19-9-10-24-12-13-5-3-2-4-6-13/h2-8,11,20H,9-10,12H2,1H3,(H,19,21). The van der Waals surface area contributed by atoms with Crippen molar-refractivity contribution in [1.82, 2.24) is 5.32 Å². The Morgan fingerprint density at radius 1 is 1.16 bits per heavy atom. The number of hydrogen-bond donors (Lipinski definition) is 2. The Morgan fingerprint density at radius 3 is 2.52 bits per heavy atom. The minimum Gasteiger partial charge on any atom is -0.351 e. The molecule has 5 nitrogen and oxygen atoms in total. The summed E-state index contributed by atoms with van der Waals surface area (Å²) in [5, 5.41) is 3.00. The Morgan fingerprint density at radius 2 is 1.88 bits per heavy atom. The molecule has 0 unspecified atom stereocenters. The van der Waals surface area contributed by atoms with Gasteiger partial charge in [0.25, 0.3) is 5.91 Å². The second-order valence-electron chi connectivity index (χ2n) is 5.36. The Labute approximate surface area is 157 Å². The van der Waals surface area contributed by atoms with Crippen LogP contribution in [0.3, 0.4) is 0 Å². The highest BCUT2D eigenvalue weighted by Crippen LogP contribution is 2.23. The minimum atomic E-state index is -3.41. The van der Waals surface area contributed by atoms with Gasteiger partial charge in [0.05, 0.1) is 17.0 Å². The molecule has 0 fully saturated rings. The normalized spacial score (nSPS) is 11.1. The molecule has 2 aromatic carbocycles. The van der Waals surface area contributed by atoms with Gasteiger partial charge in [-0.25, -0.2) is 8.42 Å². The van der Waals surface area contributed by atoms with Gasteiger partial charge in [-0.1, -0.05) is 41.9 Å². The summed E-state index contributed by atoms with van der Waals surface area (Å²) < 4.78 is 24.7. The van der Waals surface area contributed by atoms with Crippen molar-refractivity contribution in [3.05, 3.63) is 64.7 Å². The second-order valence-corrected chi connectivity index (χ2v) is 8.62. The van der Waals surface area contributed by atoms with Crippen molar-refractivity contribution >= 4 is 45.0 Å². The van der Waals surface area contributed by atoms with Gasteiger partial charge in [-0.15, -0.1) is 0 Å². The number of halogens is 1. The van der Waals surface area contributed by atoms with Gasteiger partial charge in [-0.05, 0) is 23.8 Å². The van der Waals surface area contributed by atoms with Crippen molar-refractivity contribution < 1.29 is 13.2 Å². The first-order chi connectivity index (χ1) is 11.8. The molecule has 134 valence electrons. The molecule has 0 bridgehead atoms. The van der Waals surface area contributed by atoms with Gasteiger partial charge in [-0.2, -0.15) is 11.8 Å². The monoisotopic (exact) mass is 398 g/mol. The van der Waals surface area contributed by atoms with Crippen LogP contribution in [0, 0.1) is 0 Å². The molecule has 0 aliphatic carbocycles. The van der Waals surface area contributed by atoms with Crippen LogP contribution in [0.2, 0.25) is 5.02 Å². The lowest BCUT2D eigenvalue weighted by Crippen LogP contribution is -2.25. The van der Waals surface area contributed by atoms with Crippen LogP contribution < -0.4 is 10.0 Å². The van der Waals surface area contributed by atoms with Gasteiger partial charge >= 0.3 is 0 Å². The fourth-order valence-corrected chi connectivity index (χ4v) is 3.72. The first-order valence-corrected chi connectivity index (χ1v) is 10.9. The van der Waals surface area contributed by atoms with Gasteiger partial charge in [-0.3, -0.25) is 9.52 Å². The third-order valence-corrected chi connectivity index (χ3v) is 5.10. The van der Waals surface area contributed by atoms with E-state index in [4.69, 9.17) is 11.6 Å². The van der Waals surface area contributed by atoms with E-state index in [0.29, 0.717) is 12.1 Å². The van der Waals surface area contributed by atoms with Crippen molar-refractivity contribution in [2.24, 2.45) is 0 Å². The Hall–Kier alpha value is -1.70. The van der Waals surface area contributed by atoms with Crippen LogP contribution >= 0.6 is 23.4 Å². The maximum Gasteiger partial charge on any atom is 0.251 e.